The molecule has 1 aliphatic heterocycles. The van der Waals surface area contributed by atoms with Gasteiger partial charge < -0.3 is 14.6 Å². The number of fused-ring (bicyclic) bond motifs is 2. The zero-order valence-corrected chi connectivity index (χ0v) is 13.0. The van der Waals surface area contributed by atoms with Crippen LogP contribution in [-0.2, 0) is 19.1 Å². The van der Waals surface area contributed by atoms with Crippen LogP contribution in [0.2, 0.25) is 0 Å². The Balaban J connectivity index is 2.00. The van der Waals surface area contributed by atoms with Crippen LogP contribution in [0.3, 0.4) is 0 Å². The van der Waals surface area contributed by atoms with Crippen molar-refractivity contribution < 1.29 is 24.2 Å². The topological polar surface area (TPSA) is 72.8 Å². The van der Waals surface area contributed by atoms with Gasteiger partial charge in [0.25, 0.3) is 0 Å². The molecule has 0 radical (unpaired) electrons. The van der Waals surface area contributed by atoms with E-state index in [1.54, 1.807) is 6.92 Å². The maximum atomic E-state index is 11.9. The molecule has 5 nitrogen and oxygen atoms in total. The highest BCUT2D eigenvalue weighted by molar-refractivity contribution is 5.90. The average molecular weight is 306 g/mol. The van der Waals surface area contributed by atoms with Crippen molar-refractivity contribution in [3.8, 4) is 0 Å². The molecule has 120 valence electrons. The third-order valence-electron chi connectivity index (χ3n) is 5.22. The largest absolute Gasteiger partial charge is 0.462 e. The first-order valence-corrected chi connectivity index (χ1v) is 7.71. The summed E-state index contributed by atoms with van der Waals surface area (Å²) in [4.78, 5) is 23.3. The molecule has 2 aliphatic carbocycles. The summed E-state index contributed by atoms with van der Waals surface area (Å²) in [6.45, 7) is 6.91. The Kier molecular flexibility index (Phi) is 3.44. The second kappa shape index (κ2) is 4.95. The van der Waals surface area contributed by atoms with Crippen molar-refractivity contribution in [3.05, 3.63) is 24.3 Å². The number of allylic oxidation sites excluding steroid dienone is 1. The number of carbonyl (C=O) groups is 2. The van der Waals surface area contributed by atoms with Gasteiger partial charge in [-0.15, -0.1) is 0 Å². The summed E-state index contributed by atoms with van der Waals surface area (Å²) in [7, 11) is 0. The average Bonchev–Trinajstić information content (AvgIpc) is 2.93. The van der Waals surface area contributed by atoms with Crippen LogP contribution in [0.15, 0.2) is 24.3 Å². The van der Waals surface area contributed by atoms with Gasteiger partial charge in [-0.2, -0.15) is 0 Å². The van der Waals surface area contributed by atoms with E-state index in [1.165, 1.54) is 6.92 Å². The summed E-state index contributed by atoms with van der Waals surface area (Å²) in [6.07, 6.45) is 5.50. The molecule has 0 unspecified atom stereocenters. The van der Waals surface area contributed by atoms with Gasteiger partial charge in [-0.3, -0.25) is 4.79 Å². The van der Waals surface area contributed by atoms with Crippen molar-refractivity contribution in [1.29, 1.82) is 0 Å². The van der Waals surface area contributed by atoms with Crippen LogP contribution >= 0.6 is 0 Å². The standard InChI is InChI=1S/C17H22O5/c1-10-7-17(22-15(10)19)9-12(21-11(2)18)8-16(3,20)13-5-4-6-14(13)17/h4,6,12-14,20H,1,5,7-9H2,2-3H3/t12-,13-,14-,16-,17-/m0/s1. The molecule has 1 spiro atoms. The van der Waals surface area contributed by atoms with Crippen LogP contribution in [0.25, 0.3) is 0 Å². The predicted octanol–water partition coefficient (Wildman–Crippen LogP) is 1.90. The number of hydrogen-bond acceptors (Lipinski definition) is 5. The van der Waals surface area contributed by atoms with Crippen LogP contribution in [0.4, 0.5) is 0 Å². The second-order valence-electron chi connectivity index (χ2n) is 7.03. The fourth-order valence-electron chi connectivity index (χ4n) is 4.39. The fraction of sp³-hybridized carbons (Fsp3) is 0.647. The van der Waals surface area contributed by atoms with E-state index in [4.69, 9.17) is 9.47 Å². The predicted molar refractivity (Wildman–Crippen MR) is 78.7 cm³/mol. The molecule has 1 saturated carbocycles. The van der Waals surface area contributed by atoms with Gasteiger partial charge in [-0.1, -0.05) is 18.7 Å². The van der Waals surface area contributed by atoms with E-state index in [-0.39, 0.29) is 23.8 Å². The van der Waals surface area contributed by atoms with E-state index in [9.17, 15) is 14.7 Å². The summed E-state index contributed by atoms with van der Waals surface area (Å²) in [5.41, 5.74) is -1.29. The van der Waals surface area contributed by atoms with Gasteiger partial charge in [0, 0.05) is 43.6 Å². The summed E-state index contributed by atoms with van der Waals surface area (Å²) in [5.74, 6) is -0.901. The molecule has 5 heteroatoms. The molecule has 3 aliphatic rings. The molecule has 0 amide bonds. The third kappa shape index (κ3) is 2.37. The van der Waals surface area contributed by atoms with E-state index in [0.29, 0.717) is 24.8 Å². The minimum absolute atomic E-state index is 0.0493. The summed E-state index contributed by atoms with van der Waals surface area (Å²) in [6, 6.07) is 0. The molecule has 0 aromatic rings. The molecule has 0 aromatic heterocycles. The SMILES string of the molecule is C=C1C[C@@]2(C[C@@H](OC(C)=O)C[C@](C)(O)[C@H]3CC=C[C@@H]32)OC1=O. The molecule has 3 rings (SSSR count). The van der Waals surface area contributed by atoms with Gasteiger partial charge in [0.15, 0.2) is 0 Å². The zero-order chi connectivity index (χ0) is 16.1. The first-order valence-electron chi connectivity index (χ1n) is 7.71. The molecule has 1 saturated heterocycles. The number of ether oxygens (including phenoxy) is 2. The van der Waals surface area contributed by atoms with Crippen LogP contribution in [0.5, 0.6) is 0 Å². The summed E-state index contributed by atoms with van der Waals surface area (Å²) in [5, 5.41) is 10.9. The van der Waals surface area contributed by atoms with Crippen molar-refractivity contribution in [1.82, 2.24) is 0 Å². The van der Waals surface area contributed by atoms with Gasteiger partial charge in [0.2, 0.25) is 0 Å². The quantitative estimate of drug-likeness (QED) is 0.455. The van der Waals surface area contributed by atoms with Gasteiger partial charge in [-0.05, 0) is 13.3 Å². The highest BCUT2D eigenvalue weighted by Crippen LogP contribution is 2.53. The third-order valence-corrected chi connectivity index (χ3v) is 5.22. The number of hydrogen-bond donors (Lipinski definition) is 1. The molecule has 1 heterocycles. The lowest BCUT2D eigenvalue weighted by Gasteiger charge is -2.38. The summed E-state index contributed by atoms with van der Waals surface area (Å²) < 4.78 is 11.1. The normalized spacial score (nSPS) is 43.9. The second-order valence-corrected chi connectivity index (χ2v) is 7.03. The van der Waals surface area contributed by atoms with Crippen LogP contribution in [0.1, 0.15) is 39.5 Å². The maximum Gasteiger partial charge on any atom is 0.334 e. The van der Waals surface area contributed by atoms with Crippen molar-refractivity contribution in [2.75, 3.05) is 0 Å². The minimum Gasteiger partial charge on any atom is -0.462 e. The van der Waals surface area contributed by atoms with Crippen molar-refractivity contribution in [2.24, 2.45) is 11.8 Å². The maximum absolute atomic E-state index is 11.9. The molecule has 0 bridgehead atoms. The van der Waals surface area contributed by atoms with Crippen LogP contribution < -0.4 is 0 Å². The van der Waals surface area contributed by atoms with Gasteiger partial charge in [0.1, 0.15) is 11.7 Å². The first kappa shape index (κ1) is 15.3. The van der Waals surface area contributed by atoms with E-state index in [1.807, 2.05) is 12.2 Å². The Morgan fingerprint density at radius 1 is 1.50 bits per heavy atom. The Morgan fingerprint density at radius 2 is 2.23 bits per heavy atom. The Bertz CT molecular complexity index is 543. The Labute approximate surface area is 130 Å². The van der Waals surface area contributed by atoms with Crippen LogP contribution in [0, 0.1) is 11.8 Å². The van der Waals surface area contributed by atoms with E-state index in [0.717, 1.165) is 6.42 Å². The highest BCUT2D eigenvalue weighted by Gasteiger charge is 2.58. The van der Waals surface area contributed by atoms with E-state index >= 15 is 0 Å². The monoisotopic (exact) mass is 306 g/mol. The molecular formula is C17H22O5. The highest BCUT2D eigenvalue weighted by atomic mass is 16.6. The van der Waals surface area contributed by atoms with Crippen molar-refractivity contribution >= 4 is 11.9 Å². The van der Waals surface area contributed by atoms with Gasteiger partial charge in [-0.25, -0.2) is 4.79 Å². The number of rotatable bonds is 1. The lowest BCUT2D eigenvalue weighted by Crippen LogP contribution is -2.44. The van der Waals surface area contributed by atoms with E-state index < -0.39 is 17.3 Å². The Hall–Kier alpha value is -1.62. The van der Waals surface area contributed by atoms with Crippen molar-refractivity contribution in [2.45, 2.75) is 56.8 Å². The number of carbonyl (C=O) groups excluding carboxylic acids is 2. The first-order chi connectivity index (χ1) is 10.2. The molecule has 22 heavy (non-hydrogen) atoms. The zero-order valence-electron chi connectivity index (χ0n) is 13.0. The number of aliphatic hydroxyl groups is 1. The summed E-state index contributed by atoms with van der Waals surface area (Å²) >= 11 is 0. The lowest BCUT2D eigenvalue weighted by atomic mass is 9.73. The van der Waals surface area contributed by atoms with Crippen LogP contribution in [-0.4, -0.2) is 34.4 Å². The van der Waals surface area contributed by atoms with Gasteiger partial charge >= 0.3 is 11.9 Å². The van der Waals surface area contributed by atoms with Crippen molar-refractivity contribution in [3.63, 3.8) is 0 Å². The lowest BCUT2D eigenvalue weighted by molar-refractivity contribution is -0.158. The molecule has 5 atom stereocenters. The molecule has 2 fully saturated rings. The smallest absolute Gasteiger partial charge is 0.334 e. The minimum atomic E-state index is -0.978. The molecule has 0 aromatic carbocycles. The number of esters is 2. The van der Waals surface area contributed by atoms with E-state index in [2.05, 4.69) is 6.58 Å². The molecule has 1 N–H and O–H groups in total. The molecular weight excluding hydrogens is 284 g/mol. The Morgan fingerprint density at radius 3 is 2.82 bits per heavy atom. The van der Waals surface area contributed by atoms with Gasteiger partial charge in [0.05, 0.1) is 5.60 Å². The fourth-order valence-corrected chi connectivity index (χ4v) is 4.39.